The van der Waals surface area contributed by atoms with Crippen molar-refractivity contribution in [2.75, 3.05) is 13.1 Å². The monoisotopic (exact) mass is 274 g/mol. The average Bonchev–Trinajstić information content (AvgIpc) is 2.35. The van der Waals surface area contributed by atoms with Gasteiger partial charge in [0.25, 0.3) is 0 Å². The number of rotatable bonds is 8. The predicted molar refractivity (Wildman–Crippen MR) is 73.0 cm³/mol. The lowest BCUT2D eigenvalue weighted by Gasteiger charge is -2.32. The summed E-state index contributed by atoms with van der Waals surface area (Å²) in [5, 5.41) is 20.2. The Hall–Kier alpha value is -1.30. The molecule has 0 aliphatic rings. The molecule has 0 saturated carbocycles. The number of aliphatic hydroxyl groups excluding tert-OH is 1. The second-order valence-electron chi connectivity index (χ2n) is 5.06. The van der Waals surface area contributed by atoms with E-state index in [0.717, 1.165) is 12.8 Å². The first-order valence-electron chi connectivity index (χ1n) is 6.78. The minimum Gasteiger partial charge on any atom is -0.479 e. The highest BCUT2D eigenvalue weighted by Gasteiger charge is 2.23. The van der Waals surface area contributed by atoms with Gasteiger partial charge in [-0.15, -0.1) is 0 Å². The smallest absolute Gasteiger partial charge is 0.334 e. The third kappa shape index (κ3) is 6.42. The zero-order chi connectivity index (χ0) is 15.0. The summed E-state index contributed by atoms with van der Waals surface area (Å²) in [5.41, 5.74) is 0. The summed E-state index contributed by atoms with van der Waals surface area (Å²) in [7, 11) is 0. The molecule has 0 rings (SSSR count). The normalized spacial score (nSPS) is 12.6. The zero-order valence-corrected chi connectivity index (χ0v) is 12.2. The molecule has 3 N–H and O–H groups in total. The van der Waals surface area contributed by atoms with Crippen molar-refractivity contribution in [3.05, 3.63) is 0 Å². The minimum atomic E-state index is -1.56. The van der Waals surface area contributed by atoms with E-state index < -0.39 is 12.1 Å². The predicted octanol–water partition coefficient (Wildman–Crippen LogP) is 1.29. The summed E-state index contributed by atoms with van der Waals surface area (Å²) in [6.45, 7) is 8.41. The SMILES string of the molecule is CCC(CC)N(CC(C)C)C(=O)NCC(O)C(=O)O. The topological polar surface area (TPSA) is 89.9 Å². The lowest BCUT2D eigenvalue weighted by atomic mass is 10.1. The van der Waals surface area contributed by atoms with E-state index >= 15 is 0 Å². The van der Waals surface area contributed by atoms with Crippen molar-refractivity contribution in [1.29, 1.82) is 0 Å². The highest BCUT2D eigenvalue weighted by molar-refractivity contribution is 5.77. The summed E-state index contributed by atoms with van der Waals surface area (Å²) in [6.07, 6.45) is 0.127. The van der Waals surface area contributed by atoms with Crippen molar-refractivity contribution >= 4 is 12.0 Å². The van der Waals surface area contributed by atoms with E-state index in [1.54, 1.807) is 4.90 Å². The maximum atomic E-state index is 12.1. The van der Waals surface area contributed by atoms with Crippen LogP contribution in [0.3, 0.4) is 0 Å². The summed E-state index contributed by atoms with van der Waals surface area (Å²) in [6, 6.07) is -0.188. The first-order chi connectivity index (χ1) is 8.83. The van der Waals surface area contributed by atoms with Crippen LogP contribution in [0.4, 0.5) is 4.79 Å². The molecule has 6 heteroatoms. The molecule has 0 radical (unpaired) electrons. The molecule has 0 spiro atoms. The maximum Gasteiger partial charge on any atom is 0.334 e. The maximum absolute atomic E-state index is 12.1. The van der Waals surface area contributed by atoms with Crippen molar-refractivity contribution in [2.45, 2.75) is 52.7 Å². The van der Waals surface area contributed by atoms with Gasteiger partial charge in [0, 0.05) is 12.6 Å². The van der Waals surface area contributed by atoms with E-state index in [9.17, 15) is 9.59 Å². The Balaban J connectivity index is 4.58. The van der Waals surface area contributed by atoms with E-state index in [1.807, 2.05) is 27.7 Å². The highest BCUT2D eigenvalue weighted by Crippen LogP contribution is 2.11. The van der Waals surface area contributed by atoms with Crippen LogP contribution >= 0.6 is 0 Å². The molecule has 0 aromatic rings. The molecule has 6 nitrogen and oxygen atoms in total. The van der Waals surface area contributed by atoms with Crippen LogP contribution < -0.4 is 5.32 Å². The number of carboxylic acids is 1. The number of carbonyl (C=O) groups excluding carboxylic acids is 1. The van der Waals surface area contributed by atoms with Gasteiger partial charge >= 0.3 is 12.0 Å². The Morgan fingerprint density at radius 3 is 2.11 bits per heavy atom. The van der Waals surface area contributed by atoms with Crippen LogP contribution in [0.1, 0.15) is 40.5 Å². The van der Waals surface area contributed by atoms with Gasteiger partial charge in [-0.3, -0.25) is 0 Å². The molecule has 1 unspecified atom stereocenters. The molecule has 0 aliphatic heterocycles. The quantitative estimate of drug-likeness (QED) is 0.622. The summed E-state index contributed by atoms with van der Waals surface area (Å²) < 4.78 is 0. The molecule has 1 atom stereocenters. The standard InChI is InChI=1S/C13H26N2O4/c1-5-10(6-2)15(8-9(3)4)13(19)14-7-11(16)12(17)18/h9-11,16H,5-8H2,1-4H3,(H,14,19)(H,17,18). The fraction of sp³-hybridized carbons (Fsp3) is 0.846. The van der Waals surface area contributed by atoms with Gasteiger partial charge in [-0.05, 0) is 18.8 Å². The number of hydrogen-bond acceptors (Lipinski definition) is 3. The Bertz CT molecular complexity index is 290. The highest BCUT2D eigenvalue weighted by atomic mass is 16.4. The van der Waals surface area contributed by atoms with E-state index in [2.05, 4.69) is 5.32 Å². The summed E-state index contributed by atoms with van der Waals surface area (Å²) in [4.78, 5) is 24.3. The molecule has 19 heavy (non-hydrogen) atoms. The Morgan fingerprint density at radius 2 is 1.74 bits per heavy atom. The first kappa shape index (κ1) is 17.7. The third-order valence-corrected chi connectivity index (χ3v) is 2.94. The molecule has 0 aromatic heterocycles. The molecular formula is C13H26N2O4. The van der Waals surface area contributed by atoms with Gasteiger partial charge in [-0.1, -0.05) is 27.7 Å². The van der Waals surface area contributed by atoms with E-state index in [4.69, 9.17) is 10.2 Å². The van der Waals surface area contributed by atoms with Crippen molar-refractivity contribution in [3.8, 4) is 0 Å². The summed E-state index contributed by atoms with van der Waals surface area (Å²) >= 11 is 0. The molecule has 0 aliphatic carbocycles. The number of hydrogen-bond donors (Lipinski definition) is 3. The number of nitrogens with one attached hydrogen (secondary N) is 1. The molecular weight excluding hydrogens is 248 g/mol. The number of carbonyl (C=O) groups is 2. The molecule has 2 amide bonds. The average molecular weight is 274 g/mol. The molecule has 0 bridgehead atoms. The van der Waals surface area contributed by atoms with Crippen molar-refractivity contribution in [1.82, 2.24) is 10.2 Å². The van der Waals surface area contributed by atoms with Gasteiger partial charge in [0.2, 0.25) is 0 Å². The number of aliphatic carboxylic acids is 1. The van der Waals surface area contributed by atoms with Crippen LogP contribution in [0.15, 0.2) is 0 Å². The number of amides is 2. The summed E-state index contributed by atoms with van der Waals surface area (Å²) in [5.74, 6) is -1.01. The van der Waals surface area contributed by atoms with E-state index in [-0.39, 0.29) is 18.6 Å². The molecule has 0 fully saturated rings. The molecule has 0 saturated heterocycles. The Labute approximate surface area is 114 Å². The van der Waals surface area contributed by atoms with Crippen molar-refractivity contribution in [3.63, 3.8) is 0 Å². The second-order valence-corrected chi connectivity index (χ2v) is 5.06. The third-order valence-electron chi connectivity index (χ3n) is 2.94. The van der Waals surface area contributed by atoms with E-state index in [0.29, 0.717) is 12.5 Å². The largest absolute Gasteiger partial charge is 0.479 e. The lowest BCUT2D eigenvalue weighted by molar-refractivity contribution is -0.146. The van der Waals surface area contributed by atoms with Gasteiger partial charge in [-0.2, -0.15) is 0 Å². The fourth-order valence-corrected chi connectivity index (χ4v) is 1.89. The zero-order valence-electron chi connectivity index (χ0n) is 12.2. The Kier molecular flexibility index (Phi) is 8.14. The number of urea groups is 1. The van der Waals surface area contributed by atoms with Gasteiger partial charge < -0.3 is 20.4 Å². The van der Waals surface area contributed by atoms with Gasteiger partial charge in [0.15, 0.2) is 6.10 Å². The van der Waals surface area contributed by atoms with Gasteiger partial charge in [0.1, 0.15) is 0 Å². The lowest BCUT2D eigenvalue weighted by Crippen LogP contribution is -2.49. The van der Waals surface area contributed by atoms with E-state index in [1.165, 1.54) is 0 Å². The number of nitrogens with zero attached hydrogens (tertiary/aromatic N) is 1. The fourth-order valence-electron chi connectivity index (χ4n) is 1.89. The van der Waals surface area contributed by atoms with Crippen molar-refractivity contribution in [2.24, 2.45) is 5.92 Å². The van der Waals surface area contributed by atoms with Crippen LogP contribution in [0.25, 0.3) is 0 Å². The Morgan fingerprint density at radius 1 is 1.21 bits per heavy atom. The molecule has 112 valence electrons. The molecule has 0 heterocycles. The van der Waals surface area contributed by atoms with Crippen LogP contribution in [0.5, 0.6) is 0 Å². The first-order valence-corrected chi connectivity index (χ1v) is 6.78. The van der Waals surface area contributed by atoms with Gasteiger partial charge in [-0.25, -0.2) is 9.59 Å². The van der Waals surface area contributed by atoms with Crippen molar-refractivity contribution < 1.29 is 19.8 Å². The number of aliphatic hydroxyl groups is 1. The number of carboxylic acid groups (broad SMARTS) is 1. The second kappa shape index (κ2) is 8.74. The van der Waals surface area contributed by atoms with Crippen LogP contribution in [0, 0.1) is 5.92 Å². The van der Waals surface area contributed by atoms with Crippen LogP contribution in [-0.4, -0.2) is 52.3 Å². The minimum absolute atomic E-state index is 0.129. The molecule has 0 aromatic carbocycles. The van der Waals surface area contributed by atoms with Crippen LogP contribution in [0.2, 0.25) is 0 Å². The van der Waals surface area contributed by atoms with Gasteiger partial charge in [0.05, 0.1) is 6.54 Å². The van der Waals surface area contributed by atoms with Crippen LogP contribution in [-0.2, 0) is 4.79 Å².